The lowest BCUT2D eigenvalue weighted by molar-refractivity contribution is 0.276. The number of aryl methyl sites for hydroxylation is 1. The van der Waals surface area contributed by atoms with Crippen LogP contribution in [0.15, 0.2) is 24.3 Å². The fraction of sp³-hybridized carbons (Fsp3) is 0.455. The summed E-state index contributed by atoms with van der Waals surface area (Å²) in [7, 11) is 0. The van der Waals surface area contributed by atoms with Gasteiger partial charge in [0.15, 0.2) is 0 Å². The predicted octanol–water partition coefficient (Wildman–Crippen LogP) is 1.63. The molecule has 0 bridgehead atoms. The van der Waals surface area contributed by atoms with Crippen LogP contribution in [0.25, 0.3) is 0 Å². The van der Waals surface area contributed by atoms with E-state index in [0.717, 1.165) is 12.0 Å². The Hall–Kier alpha value is -0.860. The van der Waals surface area contributed by atoms with Gasteiger partial charge in [-0.15, -0.1) is 0 Å². The number of aliphatic hydroxyl groups excluding tert-OH is 1. The number of hydrogen-bond acceptors (Lipinski definition) is 2. The van der Waals surface area contributed by atoms with Crippen LogP contribution < -0.4 is 5.73 Å². The van der Waals surface area contributed by atoms with Crippen molar-refractivity contribution < 1.29 is 5.11 Å². The highest BCUT2D eigenvalue weighted by Gasteiger charge is 2.03. The first kappa shape index (κ1) is 10.2. The van der Waals surface area contributed by atoms with E-state index in [2.05, 4.69) is 19.1 Å². The van der Waals surface area contributed by atoms with Crippen LogP contribution in [0.2, 0.25) is 0 Å². The monoisotopic (exact) mass is 179 g/mol. The Balaban J connectivity index is 2.67. The first-order valence-electron chi connectivity index (χ1n) is 4.73. The molecule has 0 saturated heterocycles. The van der Waals surface area contributed by atoms with Crippen molar-refractivity contribution in [3.05, 3.63) is 35.4 Å². The van der Waals surface area contributed by atoms with Gasteiger partial charge in [0.2, 0.25) is 0 Å². The molecule has 0 saturated carbocycles. The molecule has 1 aromatic rings. The van der Waals surface area contributed by atoms with Gasteiger partial charge in [0, 0.05) is 12.6 Å². The van der Waals surface area contributed by atoms with Gasteiger partial charge in [-0.1, -0.05) is 31.2 Å². The van der Waals surface area contributed by atoms with Crippen molar-refractivity contribution in [3.63, 3.8) is 0 Å². The van der Waals surface area contributed by atoms with Crippen molar-refractivity contribution >= 4 is 0 Å². The number of rotatable bonds is 4. The summed E-state index contributed by atoms with van der Waals surface area (Å²) in [6.07, 6.45) is 1.68. The molecule has 0 radical (unpaired) electrons. The van der Waals surface area contributed by atoms with Gasteiger partial charge in [-0.2, -0.15) is 0 Å². The molecular formula is C11H17NO. The van der Waals surface area contributed by atoms with Crippen molar-refractivity contribution in [2.45, 2.75) is 25.8 Å². The largest absolute Gasteiger partial charge is 0.396 e. The number of aliphatic hydroxyl groups is 1. The van der Waals surface area contributed by atoms with Gasteiger partial charge >= 0.3 is 0 Å². The highest BCUT2D eigenvalue weighted by molar-refractivity contribution is 5.24. The van der Waals surface area contributed by atoms with Gasteiger partial charge in [0.05, 0.1) is 0 Å². The second-order valence-corrected chi connectivity index (χ2v) is 3.21. The molecule has 0 amide bonds. The van der Waals surface area contributed by atoms with E-state index in [1.165, 1.54) is 5.56 Å². The minimum Gasteiger partial charge on any atom is -0.396 e. The maximum Gasteiger partial charge on any atom is 0.0449 e. The quantitative estimate of drug-likeness (QED) is 0.738. The van der Waals surface area contributed by atoms with Crippen LogP contribution >= 0.6 is 0 Å². The second kappa shape index (κ2) is 5.00. The minimum atomic E-state index is -0.0316. The van der Waals surface area contributed by atoms with Gasteiger partial charge in [0.25, 0.3) is 0 Å². The van der Waals surface area contributed by atoms with Crippen LogP contribution in [0.3, 0.4) is 0 Å². The van der Waals surface area contributed by atoms with Gasteiger partial charge in [-0.05, 0) is 24.0 Å². The minimum absolute atomic E-state index is 0.0316. The predicted molar refractivity (Wildman–Crippen MR) is 54.5 cm³/mol. The molecule has 13 heavy (non-hydrogen) atoms. The first-order chi connectivity index (χ1) is 6.27. The number of benzene rings is 1. The summed E-state index contributed by atoms with van der Waals surface area (Å²) in [5.41, 5.74) is 8.26. The van der Waals surface area contributed by atoms with Crippen LogP contribution in [0.1, 0.15) is 30.5 Å². The zero-order valence-electron chi connectivity index (χ0n) is 8.03. The maximum absolute atomic E-state index is 8.72. The molecule has 1 aromatic carbocycles. The van der Waals surface area contributed by atoms with Gasteiger partial charge in [-0.3, -0.25) is 0 Å². The smallest absolute Gasteiger partial charge is 0.0449 e. The molecular weight excluding hydrogens is 162 g/mol. The van der Waals surface area contributed by atoms with E-state index in [1.54, 1.807) is 0 Å². The summed E-state index contributed by atoms with van der Waals surface area (Å²) in [6.45, 7) is 2.28. The SMILES string of the molecule is CCc1ccc([C@@H](N)CCO)cc1. The molecule has 0 spiro atoms. The molecule has 0 heterocycles. The molecule has 0 unspecified atom stereocenters. The summed E-state index contributed by atoms with van der Waals surface area (Å²) in [4.78, 5) is 0. The average molecular weight is 179 g/mol. The zero-order chi connectivity index (χ0) is 9.68. The Kier molecular flexibility index (Phi) is 3.93. The van der Waals surface area contributed by atoms with Gasteiger partial charge in [-0.25, -0.2) is 0 Å². The van der Waals surface area contributed by atoms with Crippen LogP contribution in [0.4, 0.5) is 0 Å². The molecule has 3 N–H and O–H groups in total. The van der Waals surface area contributed by atoms with Crippen LogP contribution in [-0.2, 0) is 6.42 Å². The van der Waals surface area contributed by atoms with E-state index in [-0.39, 0.29) is 12.6 Å². The molecule has 0 fully saturated rings. The Morgan fingerprint density at radius 2 is 1.92 bits per heavy atom. The van der Waals surface area contributed by atoms with E-state index < -0.39 is 0 Å². The van der Waals surface area contributed by atoms with Gasteiger partial charge in [0.1, 0.15) is 0 Å². The normalized spacial score (nSPS) is 12.8. The van der Waals surface area contributed by atoms with E-state index in [9.17, 15) is 0 Å². The lowest BCUT2D eigenvalue weighted by Crippen LogP contribution is -2.11. The standard InChI is InChI=1S/C11H17NO/c1-2-9-3-5-10(6-4-9)11(12)7-8-13/h3-6,11,13H,2,7-8,12H2,1H3/t11-/m0/s1. The zero-order valence-corrected chi connectivity index (χ0v) is 8.03. The van der Waals surface area contributed by atoms with E-state index in [4.69, 9.17) is 10.8 Å². The molecule has 0 aliphatic carbocycles. The maximum atomic E-state index is 8.72. The summed E-state index contributed by atoms with van der Waals surface area (Å²) in [5, 5.41) is 8.72. The molecule has 0 aromatic heterocycles. The average Bonchev–Trinajstić information content (AvgIpc) is 2.18. The molecule has 1 atom stereocenters. The third-order valence-corrected chi connectivity index (χ3v) is 2.26. The van der Waals surface area contributed by atoms with Gasteiger partial charge < -0.3 is 10.8 Å². The van der Waals surface area contributed by atoms with Crippen molar-refractivity contribution in [3.8, 4) is 0 Å². The van der Waals surface area contributed by atoms with Crippen LogP contribution in [0.5, 0.6) is 0 Å². The molecule has 0 aliphatic heterocycles. The molecule has 72 valence electrons. The molecule has 2 heteroatoms. The highest BCUT2D eigenvalue weighted by Crippen LogP contribution is 2.14. The Bertz CT molecular complexity index is 243. The summed E-state index contributed by atoms with van der Waals surface area (Å²) < 4.78 is 0. The lowest BCUT2D eigenvalue weighted by atomic mass is 10.0. The van der Waals surface area contributed by atoms with E-state index in [1.807, 2.05) is 12.1 Å². The van der Waals surface area contributed by atoms with Crippen LogP contribution in [-0.4, -0.2) is 11.7 Å². The third-order valence-electron chi connectivity index (χ3n) is 2.26. The lowest BCUT2D eigenvalue weighted by Gasteiger charge is -2.10. The first-order valence-corrected chi connectivity index (χ1v) is 4.73. The van der Waals surface area contributed by atoms with Crippen molar-refractivity contribution in [1.29, 1.82) is 0 Å². The van der Waals surface area contributed by atoms with Crippen molar-refractivity contribution in [2.75, 3.05) is 6.61 Å². The summed E-state index contributed by atoms with van der Waals surface area (Å²) in [6, 6.07) is 8.23. The summed E-state index contributed by atoms with van der Waals surface area (Å²) in [5.74, 6) is 0. The molecule has 1 rings (SSSR count). The fourth-order valence-electron chi connectivity index (χ4n) is 1.31. The molecule has 0 aliphatic rings. The Morgan fingerprint density at radius 3 is 2.38 bits per heavy atom. The fourth-order valence-corrected chi connectivity index (χ4v) is 1.31. The third kappa shape index (κ3) is 2.83. The number of nitrogens with two attached hydrogens (primary N) is 1. The van der Waals surface area contributed by atoms with Crippen molar-refractivity contribution in [2.24, 2.45) is 5.73 Å². The second-order valence-electron chi connectivity index (χ2n) is 3.21. The topological polar surface area (TPSA) is 46.2 Å². The summed E-state index contributed by atoms with van der Waals surface area (Å²) >= 11 is 0. The Morgan fingerprint density at radius 1 is 1.31 bits per heavy atom. The Labute approximate surface area is 79.4 Å². The number of hydrogen-bond donors (Lipinski definition) is 2. The highest BCUT2D eigenvalue weighted by atomic mass is 16.3. The van der Waals surface area contributed by atoms with E-state index >= 15 is 0 Å². The van der Waals surface area contributed by atoms with Crippen molar-refractivity contribution in [1.82, 2.24) is 0 Å². The molecule has 2 nitrogen and oxygen atoms in total. The van der Waals surface area contributed by atoms with Crippen LogP contribution in [0, 0.1) is 0 Å². The van der Waals surface area contributed by atoms with E-state index in [0.29, 0.717) is 6.42 Å².